The predicted molar refractivity (Wildman–Crippen MR) is 93.4 cm³/mol. The lowest BCUT2D eigenvalue weighted by Gasteiger charge is -2.26. The van der Waals surface area contributed by atoms with Crippen molar-refractivity contribution < 1.29 is 4.74 Å². The molecule has 3 heteroatoms. The van der Waals surface area contributed by atoms with Gasteiger partial charge >= 0.3 is 0 Å². The van der Waals surface area contributed by atoms with E-state index in [0.29, 0.717) is 0 Å². The standard InChI is InChI=1S/C19H23NOS/c1-2-4-19(5-3-1)22-16-18-8-6-17(7-9-18)10-11-20-12-14-21-15-13-20/h1-9H,10-16H2. The molecule has 1 aliphatic heterocycles. The highest BCUT2D eigenvalue weighted by atomic mass is 32.2. The molecule has 0 aromatic heterocycles. The fraction of sp³-hybridized carbons (Fsp3) is 0.368. The maximum Gasteiger partial charge on any atom is 0.0594 e. The van der Waals surface area contributed by atoms with Gasteiger partial charge in [0.15, 0.2) is 0 Å². The number of ether oxygens (including phenoxy) is 1. The summed E-state index contributed by atoms with van der Waals surface area (Å²) in [5.74, 6) is 1.04. The third-order valence-electron chi connectivity index (χ3n) is 3.99. The van der Waals surface area contributed by atoms with Crippen LogP contribution in [0.15, 0.2) is 59.5 Å². The van der Waals surface area contributed by atoms with E-state index in [1.807, 2.05) is 11.8 Å². The Morgan fingerprint density at radius 2 is 1.55 bits per heavy atom. The van der Waals surface area contributed by atoms with Gasteiger partial charge in [0.1, 0.15) is 0 Å². The molecule has 0 radical (unpaired) electrons. The quantitative estimate of drug-likeness (QED) is 0.752. The summed E-state index contributed by atoms with van der Waals surface area (Å²) in [6.07, 6.45) is 1.13. The smallest absolute Gasteiger partial charge is 0.0594 e. The Labute approximate surface area is 137 Å². The highest BCUT2D eigenvalue weighted by molar-refractivity contribution is 7.98. The molecule has 0 bridgehead atoms. The molecule has 0 unspecified atom stereocenters. The summed E-state index contributed by atoms with van der Waals surface area (Å²) < 4.78 is 5.39. The molecule has 0 amide bonds. The van der Waals surface area contributed by atoms with Crippen molar-refractivity contribution in [2.24, 2.45) is 0 Å². The molecule has 1 saturated heterocycles. The van der Waals surface area contributed by atoms with E-state index in [1.165, 1.54) is 16.0 Å². The second-order valence-electron chi connectivity index (χ2n) is 5.62. The zero-order chi connectivity index (χ0) is 15.0. The van der Waals surface area contributed by atoms with Crippen molar-refractivity contribution in [1.82, 2.24) is 4.90 Å². The molecular formula is C19H23NOS. The van der Waals surface area contributed by atoms with E-state index in [2.05, 4.69) is 59.5 Å². The van der Waals surface area contributed by atoms with Crippen molar-refractivity contribution in [2.45, 2.75) is 17.1 Å². The van der Waals surface area contributed by atoms with Crippen molar-refractivity contribution in [1.29, 1.82) is 0 Å². The summed E-state index contributed by atoms with van der Waals surface area (Å²) >= 11 is 1.89. The molecule has 116 valence electrons. The maximum absolute atomic E-state index is 5.39. The van der Waals surface area contributed by atoms with Crippen molar-refractivity contribution in [3.63, 3.8) is 0 Å². The zero-order valence-electron chi connectivity index (χ0n) is 12.9. The minimum atomic E-state index is 0.885. The van der Waals surface area contributed by atoms with E-state index < -0.39 is 0 Å². The Morgan fingerprint density at radius 1 is 0.864 bits per heavy atom. The van der Waals surface area contributed by atoms with Crippen molar-refractivity contribution in [3.05, 3.63) is 65.7 Å². The van der Waals surface area contributed by atoms with Crippen LogP contribution in [-0.4, -0.2) is 37.7 Å². The van der Waals surface area contributed by atoms with Crippen molar-refractivity contribution >= 4 is 11.8 Å². The molecule has 0 spiro atoms. The van der Waals surface area contributed by atoms with Crippen LogP contribution in [0, 0.1) is 0 Å². The number of benzene rings is 2. The molecule has 1 heterocycles. The van der Waals surface area contributed by atoms with E-state index in [0.717, 1.165) is 45.0 Å². The molecular weight excluding hydrogens is 290 g/mol. The van der Waals surface area contributed by atoms with Crippen LogP contribution in [-0.2, 0) is 16.9 Å². The first-order valence-electron chi connectivity index (χ1n) is 7.96. The fourth-order valence-electron chi connectivity index (χ4n) is 2.60. The Hall–Kier alpha value is -1.29. The van der Waals surface area contributed by atoms with Crippen LogP contribution in [0.4, 0.5) is 0 Å². The van der Waals surface area contributed by atoms with Gasteiger partial charge in [-0.3, -0.25) is 4.90 Å². The van der Waals surface area contributed by atoms with Gasteiger partial charge in [-0.2, -0.15) is 0 Å². The van der Waals surface area contributed by atoms with Gasteiger partial charge in [0.25, 0.3) is 0 Å². The number of rotatable bonds is 6. The molecule has 0 N–H and O–H groups in total. The van der Waals surface area contributed by atoms with Crippen molar-refractivity contribution in [2.75, 3.05) is 32.8 Å². The molecule has 2 nitrogen and oxygen atoms in total. The Kier molecular flexibility index (Phi) is 5.94. The fourth-order valence-corrected chi connectivity index (χ4v) is 3.47. The lowest BCUT2D eigenvalue weighted by Crippen LogP contribution is -2.37. The predicted octanol–water partition coefficient (Wildman–Crippen LogP) is 3.85. The Balaban J connectivity index is 1.45. The van der Waals surface area contributed by atoms with E-state index in [4.69, 9.17) is 4.74 Å². The summed E-state index contributed by atoms with van der Waals surface area (Å²) in [5, 5.41) is 0. The molecule has 0 aliphatic carbocycles. The summed E-state index contributed by atoms with van der Waals surface area (Å²) in [7, 11) is 0. The topological polar surface area (TPSA) is 12.5 Å². The SMILES string of the molecule is c1ccc(SCc2ccc(CCN3CCOCC3)cc2)cc1. The van der Waals surface area contributed by atoms with E-state index >= 15 is 0 Å². The van der Waals surface area contributed by atoms with Crippen LogP contribution in [0.5, 0.6) is 0 Å². The monoisotopic (exact) mass is 313 g/mol. The van der Waals surface area contributed by atoms with Crippen LogP contribution in [0.25, 0.3) is 0 Å². The van der Waals surface area contributed by atoms with Gasteiger partial charge in [0.05, 0.1) is 13.2 Å². The molecule has 0 saturated carbocycles. The minimum Gasteiger partial charge on any atom is -0.379 e. The van der Waals surface area contributed by atoms with Crippen LogP contribution >= 0.6 is 11.8 Å². The Bertz CT molecular complexity index is 549. The van der Waals surface area contributed by atoms with E-state index in [9.17, 15) is 0 Å². The number of morpholine rings is 1. The summed E-state index contributed by atoms with van der Waals surface area (Å²) in [5.41, 5.74) is 2.82. The first-order valence-corrected chi connectivity index (χ1v) is 8.94. The van der Waals surface area contributed by atoms with Gasteiger partial charge in [0.2, 0.25) is 0 Å². The highest BCUT2D eigenvalue weighted by Gasteiger charge is 2.09. The molecule has 2 aromatic rings. The van der Waals surface area contributed by atoms with Crippen LogP contribution < -0.4 is 0 Å². The molecule has 1 aliphatic rings. The number of nitrogens with zero attached hydrogens (tertiary/aromatic N) is 1. The normalized spacial score (nSPS) is 15.8. The van der Waals surface area contributed by atoms with Crippen molar-refractivity contribution in [3.8, 4) is 0 Å². The lowest BCUT2D eigenvalue weighted by atomic mass is 10.1. The molecule has 0 atom stereocenters. The third-order valence-corrected chi connectivity index (χ3v) is 5.08. The first-order chi connectivity index (χ1) is 10.9. The molecule has 1 fully saturated rings. The minimum absolute atomic E-state index is 0.885. The van der Waals surface area contributed by atoms with Crippen LogP contribution in [0.3, 0.4) is 0 Å². The summed E-state index contributed by atoms with van der Waals surface area (Å²) in [4.78, 5) is 3.82. The molecule has 2 aromatic carbocycles. The van der Waals surface area contributed by atoms with E-state index in [-0.39, 0.29) is 0 Å². The van der Waals surface area contributed by atoms with Gasteiger partial charge in [0, 0.05) is 30.3 Å². The van der Waals surface area contributed by atoms with Gasteiger partial charge in [-0.05, 0) is 29.7 Å². The number of hydrogen-bond acceptors (Lipinski definition) is 3. The largest absolute Gasteiger partial charge is 0.379 e. The second kappa shape index (κ2) is 8.37. The zero-order valence-corrected chi connectivity index (χ0v) is 13.7. The lowest BCUT2D eigenvalue weighted by molar-refractivity contribution is 0.0384. The first kappa shape index (κ1) is 15.6. The highest BCUT2D eigenvalue weighted by Crippen LogP contribution is 2.22. The van der Waals surface area contributed by atoms with E-state index in [1.54, 1.807) is 0 Å². The summed E-state index contributed by atoms with van der Waals surface area (Å²) in [6.45, 7) is 5.06. The molecule has 3 rings (SSSR count). The van der Waals surface area contributed by atoms with Crippen LogP contribution in [0.1, 0.15) is 11.1 Å². The second-order valence-corrected chi connectivity index (χ2v) is 6.67. The van der Waals surface area contributed by atoms with Crippen LogP contribution in [0.2, 0.25) is 0 Å². The Morgan fingerprint density at radius 3 is 2.27 bits per heavy atom. The maximum atomic E-state index is 5.39. The third kappa shape index (κ3) is 4.87. The van der Waals surface area contributed by atoms with Gasteiger partial charge in [-0.15, -0.1) is 11.8 Å². The van der Waals surface area contributed by atoms with Gasteiger partial charge in [-0.25, -0.2) is 0 Å². The molecule has 22 heavy (non-hydrogen) atoms. The summed E-state index contributed by atoms with van der Waals surface area (Å²) in [6, 6.07) is 19.7. The number of thioether (sulfide) groups is 1. The number of hydrogen-bond donors (Lipinski definition) is 0. The average molecular weight is 313 g/mol. The average Bonchev–Trinajstić information content (AvgIpc) is 2.61. The van der Waals surface area contributed by atoms with Gasteiger partial charge < -0.3 is 4.74 Å². The van der Waals surface area contributed by atoms with Gasteiger partial charge in [-0.1, -0.05) is 42.5 Å².